The van der Waals surface area contributed by atoms with E-state index in [0.717, 1.165) is 18.6 Å². The topological polar surface area (TPSA) is 93.7 Å². The van der Waals surface area contributed by atoms with Gasteiger partial charge in [-0.15, -0.1) is 0 Å². The fourth-order valence-electron chi connectivity index (χ4n) is 3.33. The van der Waals surface area contributed by atoms with Gasteiger partial charge in [0, 0.05) is 24.4 Å². The number of ether oxygens (including phenoxy) is 2. The number of carbonyl (C=O) groups is 1. The van der Waals surface area contributed by atoms with Crippen LogP contribution in [0.1, 0.15) is 23.2 Å². The van der Waals surface area contributed by atoms with Gasteiger partial charge in [-0.05, 0) is 67.4 Å². The smallest absolute Gasteiger partial charge is 0.255 e. The van der Waals surface area contributed by atoms with Gasteiger partial charge in [-0.2, -0.15) is 0 Å². The maximum atomic E-state index is 12.7. The van der Waals surface area contributed by atoms with Crippen molar-refractivity contribution in [3.8, 4) is 11.5 Å². The van der Waals surface area contributed by atoms with E-state index >= 15 is 0 Å². The Labute approximate surface area is 187 Å². The molecule has 1 aliphatic heterocycles. The number of benzene rings is 3. The van der Waals surface area contributed by atoms with Crippen LogP contribution in [-0.4, -0.2) is 33.6 Å². The molecule has 166 valence electrons. The number of hydrogen-bond acceptors (Lipinski definition) is 5. The fraction of sp³-hybridized carbons (Fsp3) is 0.208. The maximum absolute atomic E-state index is 12.7. The Morgan fingerprint density at radius 3 is 2.44 bits per heavy atom. The molecule has 3 aromatic rings. The summed E-state index contributed by atoms with van der Waals surface area (Å²) in [6.07, 6.45) is 1.66. The summed E-state index contributed by atoms with van der Waals surface area (Å²) in [5.41, 5.74) is 0.815. The summed E-state index contributed by atoms with van der Waals surface area (Å²) in [4.78, 5) is 12.7. The van der Waals surface area contributed by atoms with Crippen LogP contribution >= 0.6 is 0 Å². The molecule has 7 nitrogen and oxygen atoms in total. The lowest BCUT2D eigenvalue weighted by Crippen LogP contribution is -2.32. The van der Waals surface area contributed by atoms with Crippen molar-refractivity contribution in [1.82, 2.24) is 4.72 Å². The quantitative estimate of drug-likeness (QED) is 0.535. The van der Waals surface area contributed by atoms with Crippen molar-refractivity contribution >= 4 is 21.6 Å². The predicted molar refractivity (Wildman–Crippen MR) is 122 cm³/mol. The summed E-state index contributed by atoms with van der Waals surface area (Å²) >= 11 is 0. The Hall–Kier alpha value is -3.20. The van der Waals surface area contributed by atoms with Gasteiger partial charge in [0.05, 0.1) is 11.0 Å². The first-order chi connectivity index (χ1) is 15.5. The second kappa shape index (κ2) is 9.95. The van der Waals surface area contributed by atoms with Crippen LogP contribution < -0.4 is 14.8 Å². The summed E-state index contributed by atoms with van der Waals surface area (Å²) < 4.78 is 39.0. The average Bonchev–Trinajstić information content (AvgIpc) is 3.34. The first-order valence-corrected chi connectivity index (χ1v) is 11.8. The zero-order valence-electron chi connectivity index (χ0n) is 17.4. The van der Waals surface area contributed by atoms with Crippen LogP contribution in [0.25, 0.3) is 0 Å². The van der Waals surface area contributed by atoms with E-state index in [1.54, 1.807) is 36.4 Å². The van der Waals surface area contributed by atoms with Crippen molar-refractivity contribution in [3.05, 3.63) is 84.4 Å². The molecule has 0 spiro atoms. The molecular weight excluding hydrogens is 428 g/mol. The standard InChI is InChI=1S/C24H24N2O5S/c27-24(26-19-11-13-21(14-12-19)31-20-7-2-1-3-8-20)18-6-4-10-23(16-18)32(28,29)25-17-22-9-5-15-30-22/h1-4,6-8,10-14,16,22,25H,5,9,15,17H2,(H,26,27)/t22-/m1/s1. The van der Waals surface area contributed by atoms with E-state index in [2.05, 4.69) is 10.0 Å². The van der Waals surface area contributed by atoms with Crippen molar-refractivity contribution in [1.29, 1.82) is 0 Å². The Morgan fingerprint density at radius 1 is 0.969 bits per heavy atom. The Kier molecular flexibility index (Phi) is 6.84. The fourth-order valence-corrected chi connectivity index (χ4v) is 4.44. The van der Waals surface area contributed by atoms with Gasteiger partial charge in [-0.1, -0.05) is 24.3 Å². The molecule has 0 unspecified atom stereocenters. The summed E-state index contributed by atoms with van der Waals surface area (Å²) in [6, 6.07) is 22.3. The molecule has 4 rings (SSSR count). The summed E-state index contributed by atoms with van der Waals surface area (Å²) in [5.74, 6) is 0.952. The molecule has 0 aliphatic carbocycles. The van der Waals surface area contributed by atoms with Crippen molar-refractivity contribution < 1.29 is 22.7 Å². The second-order valence-corrected chi connectivity index (χ2v) is 9.18. The Balaban J connectivity index is 1.39. The van der Waals surface area contributed by atoms with Crippen LogP contribution in [0.5, 0.6) is 11.5 Å². The molecule has 2 N–H and O–H groups in total. The third-order valence-corrected chi connectivity index (χ3v) is 6.44. The lowest BCUT2D eigenvalue weighted by atomic mass is 10.2. The van der Waals surface area contributed by atoms with E-state index in [1.807, 2.05) is 30.3 Å². The number of anilines is 1. The van der Waals surface area contributed by atoms with Gasteiger partial charge < -0.3 is 14.8 Å². The normalized spacial score (nSPS) is 15.9. The van der Waals surface area contributed by atoms with Gasteiger partial charge >= 0.3 is 0 Å². The van der Waals surface area contributed by atoms with E-state index in [-0.39, 0.29) is 23.1 Å². The Morgan fingerprint density at radius 2 is 1.72 bits per heavy atom. The lowest BCUT2D eigenvalue weighted by molar-refractivity contribution is 0.102. The molecular formula is C24H24N2O5S. The van der Waals surface area contributed by atoms with Gasteiger partial charge in [0.25, 0.3) is 5.91 Å². The lowest BCUT2D eigenvalue weighted by Gasteiger charge is -2.12. The van der Waals surface area contributed by atoms with Crippen molar-refractivity contribution in [3.63, 3.8) is 0 Å². The molecule has 1 heterocycles. The molecule has 0 aromatic heterocycles. The highest BCUT2D eigenvalue weighted by molar-refractivity contribution is 7.89. The zero-order valence-corrected chi connectivity index (χ0v) is 18.2. The molecule has 0 saturated carbocycles. The van der Waals surface area contributed by atoms with E-state index in [0.29, 0.717) is 18.0 Å². The van der Waals surface area contributed by atoms with E-state index in [1.165, 1.54) is 12.1 Å². The summed E-state index contributed by atoms with van der Waals surface area (Å²) in [6.45, 7) is 0.873. The average molecular weight is 453 g/mol. The van der Waals surface area contributed by atoms with Crippen molar-refractivity contribution in [2.45, 2.75) is 23.8 Å². The Bertz CT molecular complexity index is 1160. The van der Waals surface area contributed by atoms with Crippen molar-refractivity contribution in [2.75, 3.05) is 18.5 Å². The number of sulfonamides is 1. The van der Waals surface area contributed by atoms with Crippen LogP contribution in [0.4, 0.5) is 5.69 Å². The SMILES string of the molecule is O=C(Nc1ccc(Oc2ccccc2)cc1)c1cccc(S(=O)(=O)NC[C@H]2CCCO2)c1. The maximum Gasteiger partial charge on any atom is 0.255 e. The molecule has 3 aromatic carbocycles. The first kappa shape index (κ1) is 22.0. The molecule has 1 amide bonds. The third kappa shape index (κ3) is 5.73. The van der Waals surface area contributed by atoms with Crippen LogP contribution in [-0.2, 0) is 14.8 Å². The second-order valence-electron chi connectivity index (χ2n) is 7.41. The molecule has 0 bridgehead atoms. The molecule has 1 fully saturated rings. The highest BCUT2D eigenvalue weighted by Gasteiger charge is 2.21. The molecule has 1 aliphatic rings. The monoisotopic (exact) mass is 452 g/mol. The number of amides is 1. The third-order valence-electron chi connectivity index (χ3n) is 5.02. The van der Waals surface area contributed by atoms with Gasteiger partial charge in [-0.25, -0.2) is 13.1 Å². The van der Waals surface area contributed by atoms with E-state index in [9.17, 15) is 13.2 Å². The van der Waals surface area contributed by atoms with E-state index < -0.39 is 15.9 Å². The van der Waals surface area contributed by atoms with Gasteiger partial charge in [0.2, 0.25) is 10.0 Å². The largest absolute Gasteiger partial charge is 0.457 e. The van der Waals surface area contributed by atoms with E-state index in [4.69, 9.17) is 9.47 Å². The van der Waals surface area contributed by atoms with Crippen LogP contribution in [0.15, 0.2) is 83.8 Å². The van der Waals surface area contributed by atoms with Crippen LogP contribution in [0.2, 0.25) is 0 Å². The van der Waals surface area contributed by atoms with Crippen molar-refractivity contribution in [2.24, 2.45) is 0 Å². The summed E-state index contributed by atoms with van der Waals surface area (Å²) in [7, 11) is -3.74. The van der Waals surface area contributed by atoms with Crippen LogP contribution in [0.3, 0.4) is 0 Å². The number of hydrogen-bond donors (Lipinski definition) is 2. The minimum atomic E-state index is -3.74. The minimum Gasteiger partial charge on any atom is -0.457 e. The van der Waals surface area contributed by atoms with Crippen LogP contribution in [0, 0.1) is 0 Å². The van der Waals surface area contributed by atoms with Gasteiger partial charge in [0.15, 0.2) is 0 Å². The predicted octanol–water partition coefficient (Wildman–Crippen LogP) is 4.19. The molecule has 1 saturated heterocycles. The van der Waals surface area contributed by atoms with Gasteiger partial charge in [-0.3, -0.25) is 4.79 Å². The zero-order chi connectivity index (χ0) is 22.4. The molecule has 32 heavy (non-hydrogen) atoms. The number of rotatable bonds is 8. The highest BCUT2D eigenvalue weighted by Crippen LogP contribution is 2.23. The minimum absolute atomic E-state index is 0.0368. The number of nitrogens with one attached hydrogen (secondary N) is 2. The number of para-hydroxylation sites is 1. The van der Waals surface area contributed by atoms with Gasteiger partial charge in [0.1, 0.15) is 11.5 Å². The first-order valence-electron chi connectivity index (χ1n) is 10.4. The molecule has 0 radical (unpaired) electrons. The number of carbonyl (C=O) groups excluding carboxylic acids is 1. The molecule has 8 heteroatoms. The highest BCUT2D eigenvalue weighted by atomic mass is 32.2. The molecule has 1 atom stereocenters. The summed E-state index contributed by atoms with van der Waals surface area (Å²) in [5, 5.41) is 2.77.